The number of fused-ring (bicyclic) bond motifs is 1. The highest BCUT2D eigenvalue weighted by molar-refractivity contribution is 4.95. The molecular formula is C16H31N3. The lowest BCUT2D eigenvalue weighted by Crippen LogP contribution is -2.59. The summed E-state index contributed by atoms with van der Waals surface area (Å²) in [6.45, 7) is 6.29. The monoisotopic (exact) mass is 265 g/mol. The summed E-state index contributed by atoms with van der Waals surface area (Å²) in [5.41, 5.74) is 6.42. The van der Waals surface area contributed by atoms with Crippen molar-refractivity contribution in [3.05, 3.63) is 0 Å². The largest absolute Gasteiger partial charge is 0.326 e. The molecule has 3 aliphatic rings. The van der Waals surface area contributed by atoms with E-state index < -0.39 is 0 Å². The van der Waals surface area contributed by atoms with E-state index in [4.69, 9.17) is 5.73 Å². The van der Waals surface area contributed by atoms with Crippen molar-refractivity contribution in [1.82, 2.24) is 9.80 Å². The summed E-state index contributed by atoms with van der Waals surface area (Å²) >= 11 is 0. The van der Waals surface area contributed by atoms with Gasteiger partial charge in [0.2, 0.25) is 0 Å². The third-order valence-corrected chi connectivity index (χ3v) is 5.98. The Morgan fingerprint density at radius 3 is 2.68 bits per heavy atom. The van der Waals surface area contributed by atoms with Gasteiger partial charge in [-0.25, -0.2) is 0 Å². The van der Waals surface area contributed by atoms with Gasteiger partial charge in [-0.2, -0.15) is 0 Å². The van der Waals surface area contributed by atoms with Crippen molar-refractivity contribution in [2.45, 2.75) is 63.6 Å². The number of piperidine rings is 2. The van der Waals surface area contributed by atoms with Gasteiger partial charge in [0, 0.05) is 31.2 Å². The first-order valence-electron chi connectivity index (χ1n) is 8.35. The topological polar surface area (TPSA) is 32.5 Å². The molecule has 0 aromatic carbocycles. The van der Waals surface area contributed by atoms with Crippen molar-refractivity contribution in [3.8, 4) is 0 Å². The molecule has 5 atom stereocenters. The predicted octanol–water partition coefficient (Wildman–Crippen LogP) is 1.92. The molecule has 0 bridgehead atoms. The maximum atomic E-state index is 6.42. The average Bonchev–Trinajstić information content (AvgIpc) is 2.41. The van der Waals surface area contributed by atoms with E-state index in [2.05, 4.69) is 23.8 Å². The number of hydrogen-bond donors (Lipinski definition) is 1. The first-order valence-corrected chi connectivity index (χ1v) is 8.35. The first-order chi connectivity index (χ1) is 9.15. The van der Waals surface area contributed by atoms with Gasteiger partial charge in [0.05, 0.1) is 0 Å². The molecule has 3 rings (SSSR count). The lowest BCUT2D eigenvalue weighted by atomic mass is 9.79. The second-order valence-electron chi connectivity index (χ2n) is 7.38. The van der Waals surface area contributed by atoms with Gasteiger partial charge >= 0.3 is 0 Å². The summed E-state index contributed by atoms with van der Waals surface area (Å²) in [6, 6.07) is 1.94. The van der Waals surface area contributed by atoms with Gasteiger partial charge < -0.3 is 10.6 Å². The van der Waals surface area contributed by atoms with Crippen molar-refractivity contribution in [1.29, 1.82) is 0 Å². The Bertz CT molecular complexity index is 306. The van der Waals surface area contributed by atoms with Crippen LogP contribution in [0.25, 0.3) is 0 Å². The second-order valence-corrected chi connectivity index (χ2v) is 7.38. The van der Waals surface area contributed by atoms with Crippen molar-refractivity contribution < 1.29 is 0 Å². The highest BCUT2D eigenvalue weighted by Gasteiger charge is 2.39. The summed E-state index contributed by atoms with van der Waals surface area (Å²) < 4.78 is 0. The fraction of sp³-hybridized carbons (Fsp3) is 1.00. The zero-order valence-electron chi connectivity index (χ0n) is 12.7. The van der Waals surface area contributed by atoms with Crippen LogP contribution < -0.4 is 5.73 Å². The molecule has 2 aliphatic heterocycles. The van der Waals surface area contributed by atoms with Crippen LogP contribution in [-0.4, -0.2) is 54.6 Å². The standard InChI is InChI=1S/C16H31N3/c1-12-5-6-14(17)16(10-12)19-9-7-15-13(11-19)4-3-8-18(15)2/h12-16H,3-11,17H2,1-2H3. The van der Waals surface area contributed by atoms with Gasteiger partial charge in [0.25, 0.3) is 0 Å². The van der Waals surface area contributed by atoms with E-state index >= 15 is 0 Å². The summed E-state index contributed by atoms with van der Waals surface area (Å²) in [7, 11) is 2.32. The molecular weight excluding hydrogens is 234 g/mol. The molecule has 19 heavy (non-hydrogen) atoms. The van der Waals surface area contributed by atoms with E-state index in [1.807, 2.05) is 0 Å². The van der Waals surface area contributed by atoms with Crippen LogP contribution in [0.5, 0.6) is 0 Å². The number of rotatable bonds is 1. The van der Waals surface area contributed by atoms with Gasteiger partial charge in [-0.05, 0) is 64.0 Å². The lowest BCUT2D eigenvalue weighted by molar-refractivity contribution is 0.00297. The van der Waals surface area contributed by atoms with Crippen LogP contribution in [0.3, 0.4) is 0 Å². The summed E-state index contributed by atoms with van der Waals surface area (Å²) in [5, 5.41) is 0. The van der Waals surface area contributed by atoms with E-state index in [0.717, 1.165) is 17.9 Å². The zero-order chi connectivity index (χ0) is 13.4. The summed E-state index contributed by atoms with van der Waals surface area (Å²) in [4.78, 5) is 5.36. The van der Waals surface area contributed by atoms with Crippen molar-refractivity contribution in [2.24, 2.45) is 17.6 Å². The normalized spacial score (nSPS) is 45.9. The lowest BCUT2D eigenvalue weighted by Gasteiger charge is -2.50. The number of nitrogens with two attached hydrogens (primary N) is 1. The molecule has 0 radical (unpaired) electrons. The zero-order valence-corrected chi connectivity index (χ0v) is 12.7. The SMILES string of the molecule is CC1CCC(N)C(N2CCC3C(CCCN3C)C2)C1. The van der Waals surface area contributed by atoms with E-state index in [-0.39, 0.29) is 0 Å². The molecule has 1 saturated carbocycles. The van der Waals surface area contributed by atoms with Crippen LogP contribution in [0.4, 0.5) is 0 Å². The van der Waals surface area contributed by atoms with Crippen molar-refractivity contribution in [3.63, 3.8) is 0 Å². The molecule has 110 valence electrons. The van der Waals surface area contributed by atoms with Gasteiger partial charge in [-0.15, -0.1) is 0 Å². The molecule has 3 fully saturated rings. The van der Waals surface area contributed by atoms with Crippen LogP contribution in [0.2, 0.25) is 0 Å². The van der Waals surface area contributed by atoms with Crippen LogP contribution in [-0.2, 0) is 0 Å². The molecule has 3 nitrogen and oxygen atoms in total. The molecule has 0 amide bonds. The van der Waals surface area contributed by atoms with Gasteiger partial charge in [-0.3, -0.25) is 4.90 Å². The Morgan fingerprint density at radius 2 is 1.84 bits per heavy atom. The first kappa shape index (κ1) is 13.8. The molecule has 2 heterocycles. The minimum absolute atomic E-state index is 0.425. The van der Waals surface area contributed by atoms with Gasteiger partial charge in [0.1, 0.15) is 0 Å². The number of hydrogen-bond acceptors (Lipinski definition) is 3. The third-order valence-electron chi connectivity index (χ3n) is 5.98. The second kappa shape index (κ2) is 5.71. The highest BCUT2D eigenvalue weighted by atomic mass is 15.2. The Hall–Kier alpha value is -0.120. The third kappa shape index (κ3) is 2.84. The fourth-order valence-corrected chi connectivity index (χ4v) is 4.78. The Morgan fingerprint density at radius 1 is 1.00 bits per heavy atom. The van der Waals surface area contributed by atoms with Crippen LogP contribution in [0.15, 0.2) is 0 Å². The van der Waals surface area contributed by atoms with E-state index in [1.54, 1.807) is 0 Å². The van der Waals surface area contributed by atoms with Crippen LogP contribution in [0.1, 0.15) is 45.4 Å². The molecule has 0 aromatic rings. The summed E-state index contributed by atoms with van der Waals surface area (Å²) in [6.07, 6.45) is 8.07. The fourth-order valence-electron chi connectivity index (χ4n) is 4.78. The van der Waals surface area contributed by atoms with Gasteiger partial charge in [-0.1, -0.05) is 6.92 Å². The molecule has 5 unspecified atom stereocenters. The molecule has 1 aliphatic carbocycles. The molecule has 2 N–H and O–H groups in total. The Labute approximate surface area is 118 Å². The number of nitrogens with zero attached hydrogens (tertiary/aromatic N) is 2. The molecule has 0 aromatic heterocycles. The molecule has 3 heteroatoms. The van der Waals surface area contributed by atoms with E-state index in [0.29, 0.717) is 12.1 Å². The van der Waals surface area contributed by atoms with Crippen LogP contribution >= 0.6 is 0 Å². The maximum Gasteiger partial charge on any atom is 0.0249 e. The predicted molar refractivity (Wildman–Crippen MR) is 80.1 cm³/mol. The summed E-state index contributed by atoms with van der Waals surface area (Å²) in [5.74, 6) is 1.77. The van der Waals surface area contributed by atoms with Crippen LogP contribution in [0, 0.1) is 11.8 Å². The Balaban J connectivity index is 1.63. The smallest absolute Gasteiger partial charge is 0.0249 e. The van der Waals surface area contributed by atoms with Crippen molar-refractivity contribution in [2.75, 3.05) is 26.7 Å². The minimum atomic E-state index is 0.425. The quantitative estimate of drug-likeness (QED) is 0.786. The molecule has 2 saturated heterocycles. The van der Waals surface area contributed by atoms with Gasteiger partial charge in [0.15, 0.2) is 0 Å². The highest BCUT2D eigenvalue weighted by Crippen LogP contribution is 2.34. The number of likely N-dealkylation sites (tertiary alicyclic amines) is 2. The Kier molecular flexibility index (Phi) is 4.16. The van der Waals surface area contributed by atoms with E-state index in [9.17, 15) is 0 Å². The maximum absolute atomic E-state index is 6.42. The minimum Gasteiger partial charge on any atom is -0.326 e. The van der Waals surface area contributed by atoms with E-state index in [1.165, 1.54) is 58.2 Å². The molecule has 0 spiro atoms. The van der Waals surface area contributed by atoms with Crippen molar-refractivity contribution >= 4 is 0 Å². The average molecular weight is 265 g/mol.